The minimum atomic E-state index is -1.29. The quantitative estimate of drug-likeness (QED) is 0.768. The van der Waals surface area contributed by atoms with E-state index in [0.29, 0.717) is 17.0 Å². The molecule has 1 aromatic carbocycles. The summed E-state index contributed by atoms with van der Waals surface area (Å²) >= 11 is 0. The molecule has 7 heteroatoms. The van der Waals surface area contributed by atoms with Crippen molar-refractivity contribution in [1.82, 2.24) is 14.7 Å². The molecule has 0 aliphatic rings. The van der Waals surface area contributed by atoms with Gasteiger partial charge in [0.15, 0.2) is 11.8 Å². The van der Waals surface area contributed by atoms with Crippen molar-refractivity contribution in [2.75, 3.05) is 21.2 Å². The molecule has 2 aromatic rings. The molecule has 0 N–H and O–H groups in total. The Bertz CT molecular complexity index is 827. The zero-order valence-electron chi connectivity index (χ0n) is 14.0. The molecule has 0 spiro atoms. The molecule has 0 saturated carbocycles. The van der Waals surface area contributed by atoms with E-state index in [4.69, 9.17) is 4.74 Å². The summed E-state index contributed by atoms with van der Waals surface area (Å²) < 4.78 is 6.22. The molecule has 1 unspecified atom stereocenters. The number of methoxy groups -OCH3 is 1. The van der Waals surface area contributed by atoms with Crippen molar-refractivity contribution in [3.05, 3.63) is 46.8 Å². The van der Waals surface area contributed by atoms with Gasteiger partial charge in [-0.2, -0.15) is 5.10 Å². The standard InChI is InChI=1S/C17H19N3O4/c1-11(21)16(17(23)19(2)3)20-15(22)10-9-13(18-20)12-7-5-6-8-14(12)24-4/h5-10,16H,1-4H3. The Morgan fingerprint density at radius 1 is 1.17 bits per heavy atom. The van der Waals surface area contributed by atoms with E-state index in [-0.39, 0.29) is 0 Å². The second-order valence-corrected chi connectivity index (χ2v) is 5.45. The number of ketones is 1. The average Bonchev–Trinajstić information content (AvgIpc) is 2.56. The van der Waals surface area contributed by atoms with Gasteiger partial charge in [0.1, 0.15) is 5.75 Å². The van der Waals surface area contributed by atoms with Gasteiger partial charge in [0.2, 0.25) is 0 Å². The van der Waals surface area contributed by atoms with Gasteiger partial charge in [-0.3, -0.25) is 14.4 Å². The number of hydrogen-bond acceptors (Lipinski definition) is 5. The number of hydrogen-bond donors (Lipinski definition) is 0. The highest BCUT2D eigenvalue weighted by Crippen LogP contribution is 2.27. The molecule has 1 atom stereocenters. The number of Topliss-reactive ketones (excluding diaryl/α,β-unsaturated/α-hetero) is 1. The van der Waals surface area contributed by atoms with Gasteiger partial charge in [0.25, 0.3) is 11.5 Å². The van der Waals surface area contributed by atoms with Gasteiger partial charge in [0, 0.05) is 25.7 Å². The van der Waals surface area contributed by atoms with E-state index in [9.17, 15) is 14.4 Å². The first-order chi connectivity index (χ1) is 11.4. The summed E-state index contributed by atoms with van der Waals surface area (Å²) in [5, 5.41) is 4.23. The van der Waals surface area contributed by atoms with Crippen molar-refractivity contribution < 1.29 is 14.3 Å². The summed E-state index contributed by atoms with van der Waals surface area (Å²) in [5.74, 6) is -0.386. The fourth-order valence-electron chi connectivity index (χ4n) is 2.31. The molecule has 0 fully saturated rings. The first-order valence-electron chi connectivity index (χ1n) is 7.31. The molecule has 126 valence electrons. The number of amides is 1. The number of carbonyl (C=O) groups is 2. The molecular weight excluding hydrogens is 310 g/mol. The van der Waals surface area contributed by atoms with Gasteiger partial charge in [-0.1, -0.05) is 12.1 Å². The Balaban J connectivity index is 2.62. The largest absolute Gasteiger partial charge is 0.496 e. The van der Waals surface area contributed by atoms with Crippen LogP contribution in [0.3, 0.4) is 0 Å². The van der Waals surface area contributed by atoms with Crippen LogP contribution < -0.4 is 10.3 Å². The van der Waals surface area contributed by atoms with Crippen molar-refractivity contribution in [2.24, 2.45) is 0 Å². The molecular formula is C17H19N3O4. The highest BCUT2D eigenvalue weighted by Gasteiger charge is 2.29. The Morgan fingerprint density at radius 2 is 1.83 bits per heavy atom. The highest BCUT2D eigenvalue weighted by molar-refractivity contribution is 6.02. The summed E-state index contributed by atoms with van der Waals surface area (Å²) in [6.45, 7) is 1.26. The van der Waals surface area contributed by atoms with E-state index in [1.807, 2.05) is 12.1 Å². The minimum absolute atomic E-state index is 0.435. The summed E-state index contributed by atoms with van der Waals surface area (Å²) in [4.78, 5) is 37.7. The number of nitrogens with zero attached hydrogens (tertiary/aromatic N) is 3. The van der Waals surface area contributed by atoms with Crippen LogP contribution in [0.5, 0.6) is 5.75 Å². The van der Waals surface area contributed by atoms with Gasteiger partial charge >= 0.3 is 0 Å². The molecule has 0 radical (unpaired) electrons. The lowest BCUT2D eigenvalue weighted by Gasteiger charge is -2.20. The van der Waals surface area contributed by atoms with Crippen LogP contribution in [-0.2, 0) is 9.59 Å². The first kappa shape index (κ1) is 17.4. The number of rotatable bonds is 5. The Labute approximate surface area is 139 Å². The lowest BCUT2D eigenvalue weighted by molar-refractivity contribution is -0.138. The molecule has 0 bridgehead atoms. The van der Waals surface area contributed by atoms with Crippen LogP contribution in [0.2, 0.25) is 0 Å². The van der Waals surface area contributed by atoms with Gasteiger partial charge in [0.05, 0.1) is 12.8 Å². The summed E-state index contributed by atoms with van der Waals surface area (Å²) in [6, 6.07) is 8.70. The van der Waals surface area contributed by atoms with E-state index in [2.05, 4.69) is 5.10 Å². The second kappa shape index (κ2) is 7.08. The summed E-state index contributed by atoms with van der Waals surface area (Å²) in [5.41, 5.74) is 0.572. The fourth-order valence-corrected chi connectivity index (χ4v) is 2.31. The molecule has 7 nitrogen and oxygen atoms in total. The predicted molar refractivity (Wildman–Crippen MR) is 88.9 cm³/mol. The Morgan fingerprint density at radius 3 is 2.42 bits per heavy atom. The van der Waals surface area contributed by atoms with Gasteiger partial charge < -0.3 is 9.64 Å². The van der Waals surface area contributed by atoms with Gasteiger partial charge in [-0.25, -0.2) is 4.68 Å². The van der Waals surface area contributed by atoms with E-state index in [1.54, 1.807) is 12.1 Å². The third-order valence-corrected chi connectivity index (χ3v) is 3.51. The van der Waals surface area contributed by atoms with Crippen molar-refractivity contribution in [2.45, 2.75) is 13.0 Å². The second-order valence-electron chi connectivity index (χ2n) is 5.45. The van der Waals surface area contributed by atoms with Crippen molar-refractivity contribution >= 4 is 11.7 Å². The van der Waals surface area contributed by atoms with E-state index >= 15 is 0 Å². The molecule has 1 aromatic heterocycles. The van der Waals surface area contributed by atoms with Crippen molar-refractivity contribution in [3.8, 4) is 17.0 Å². The lowest BCUT2D eigenvalue weighted by Crippen LogP contribution is -2.41. The molecule has 0 saturated heterocycles. The maximum atomic E-state index is 12.3. The first-order valence-corrected chi connectivity index (χ1v) is 7.31. The van der Waals surface area contributed by atoms with Crippen molar-refractivity contribution in [3.63, 3.8) is 0 Å². The van der Waals surface area contributed by atoms with Gasteiger partial charge in [-0.05, 0) is 25.1 Å². The van der Waals surface area contributed by atoms with Crippen LogP contribution in [0, 0.1) is 0 Å². The molecule has 1 heterocycles. The maximum Gasteiger partial charge on any atom is 0.267 e. The zero-order valence-corrected chi connectivity index (χ0v) is 14.0. The van der Waals surface area contributed by atoms with Gasteiger partial charge in [-0.15, -0.1) is 0 Å². The normalized spacial score (nSPS) is 11.7. The SMILES string of the molecule is COc1ccccc1-c1ccc(=O)n(C(C(C)=O)C(=O)N(C)C)n1. The number of benzene rings is 1. The maximum absolute atomic E-state index is 12.3. The Hall–Kier alpha value is -2.96. The molecule has 0 aliphatic carbocycles. The molecule has 2 rings (SSSR count). The zero-order chi connectivity index (χ0) is 17.9. The van der Waals surface area contributed by atoms with E-state index in [1.165, 1.54) is 45.2 Å². The van der Waals surface area contributed by atoms with Crippen LogP contribution in [-0.4, -0.2) is 47.6 Å². The molecule has 0 aliphatic heterocycles. The third kappa shape index (κ3) is 3.34. The monoisotopic (exact) mass is 329 g/mol. The van der Waals surface area contributed by atoms with E-state index < -0.39 is 23.3 Å². The highest BCUT2D eigenvalue weighted by atomic mass is 16.5. The minimum Gasteiger partial charge on any atom is -0.496 e. The predicted octanol–water partition coefficient (Wildman–Crippen LogP) is 1.14. The smallest absolute Gasteiger partial charge is 0.267 e. The fraction of sp³-hybridized carbons (Fsp3) is 0.294. The average molecular weight is 329 g/mol. The molecule has 24 heavy (non-hydrogen) atoms. The van der Waals surface area contributed by atoms with Crippen LogP contribution in [0.1, 0.15) is 13.0 Å². The third-order valence-electron chi connectivity index (χ3n) is 3.51. The number of likely N-dealkylation sites (N-methyl/N-ethyl adjacent to an activating group) is 1. The summed E-state index contributed by atoms with van der Waals surface area (Å²) in [7, 11) is 4.57. The van der Waals surface area contributed by atoms with Crippen molar-refractivity contribution in [1.29, 1.82) is 0 Å². The number of aromatic nitrogens is 2. The lowest BCUT2D eigenvalue weighted by atomic mass is 10.1. The summed E-state index contributed by atoms with van der Waals surface area (Å²) in [6.07, 6.45) is 0. The Kier molecular flexibility index (Phi) is 5.13. The number of para-hydroxylation sites is 1. The number of carbonyl (C=O) groups excluding carboxylic acids is 2. The molecule has 1 amide bonds. The van der Waals surface area contributed by atoms with Crippen LogP contribution in [0.25, 0.3) is 11.3 Å². The van der Waals surface area contributed by atoms with Crippen LogP contribution in [0.15, 0.2) is 41.2 Å². The van der Waals surface area contributed by atoms with Crippen LogP contribution in [0.4, 0.5) is 0 Å². The van der Waals surface area contributed by atoms with Crippen LogP contribution >= 0.6 is 0 Å². The number of ether oxygens (including phenoxy) is 1. The topological polar surface area (TPSA) is 81.5 Å². The van der Waals surface area contributed by atoms with E-state index in [0.717, 1.165) is 4.68 Å².